The second-order valence-electron chi connectivity index (χ2n) is 4.28. The smallest absolute Gasteiger partial charge is 0.0702 e. The summed E-state index contributed by atoms with van der Waals surface area (Å²) < 4.78 is 0. The van der Waals surface area contributed by atoms with E-state index in [0.29, 0.717) is 10.3 Å². The van der Waals surface area contributed by atoms with Gasteiger partial charge in [-0.05, 0) is 24.6 Å². The summed E-state index contributed by atoms with van der Waals surface area (Å²) in [7, 11) is 0. The average Bonchev–Trinajstić information content (AvgIpc) is 2.38. The van der Waals surface area contributed by atoms with Crippen LogP contribution in [0, 0.1) is 0 Å². The van der Waals surface area contributed by atoms with E-state index in [0.717, 1.165) is 30.1 Å². The van der Waals surface area contributed by atoms with E-state index in [4.69, 9.17) is 11.6 Å². The molecule has 0 amide bonds. The van der Waals surface area contributed by atoms with Crippen LogP contribution < -0.4 is 4.90 Å². The van der Waals surface area contributed by atoms with Crippen LogP contribution in [0.5, 0.6) is 0 Å². The third kappa shape index (κ3) is 3.09. The van der Waals surface area contributed by atoms with Gasteiger partial charge in [0.05, 0.1) is 6.61 Å². The summed E-state index contributed by atoms with van der Waals surface area (Å²) in [5.41, 5.74) is 2.06. The van der Waals surface area contributed by atoms with Crippen LogP contribution in [0.3, 0.4) is 0 Å². The predicted octanol–water partition coefficient (Wildman–Crippen LogP) is 3.16. The minimum atomic E-state index is 0.0519. The number of hydrogen-bond donors (Lipinski definition) is 1. The summed E-state index contributed by atoms with van der Waals surface area (Å²) in [5, 5.41) is 10.8. The van der Waals surface area contributed by atoms with E-state index in [1.807, 2.05) is 30.0 Å². The zero-order valence-electron chi connectivity index (χ0n) is 10.0. The van der Waals surface area contributed by atoms with Crippen molar-refractivity contribution in [3.05, 3.63) is 28.8 Å². The molecule has 1 aromatic carbocycles. The van der Waals surface area contributed by atoms with Crippen LogP contribution >= 0.6 is 23.4 Å². The maximum atomic E-state index is 9.41. The number of thioether (sulfide) groups is 1. The lowest BCUT2D eigenvalue weighted by molar-refractivity contribution is 0.282. The van der Waals surface area contributed by atoms with Gasteiger partial charge in [-0.3, -0.25) is 0 Å². The number of aliphatic hydroxyl groups excluding tert-OH is 1. The average molecular weight is 272 g/mol. The van der Waals surface area contributed by atoms with Gasteiger partial charge < -0.3 is 10.0 Å². The van der Waals surface area contributed by atoms with E-state index >= 15 is 0 Å². The van der Waals surface area contributed by atoms with Crippen molar-refractivity contribution >= 4 is 29.1 Å². The highest BCUT2D eigenvalue weighted by Gasteiger charge is 2.20. The van der Waals surface area contributed by atoms with Crippen molar-refractivity contribution in [1.82, 2.24) is 0 Å². The molecule has 1 aliphatic rings. The van der Waals surface area contributed by atoms with Crippen LogP contribution in [0.15, 0.2) is 18.2 Å². The summed E-state index contributed by atoms with van der Waals surface area (Å²) in [4.78, 5) is 2.37. The summed E-state index contributed by atoms with van der Waals surface area (Å²) in [6.07, 6.45) is 1.20. The minimum absolute atomic E-state index is 0.0519. The van der Waals surface area contributed by atoms with Crippen LogP contribution in [0.25, 0.3) is 0 Å². The van der Waals surface area contributed by atoms with E-state index < -0.39 is 0 Å². The van der Waals surface area contributed by atoms with Crippen molar-refractivity contribution in [3.63, 3.8) is 0 Å². The number of halogens is 1. The molecule has 94 valence electrons. The topological polar surface area (TPSA) is 23.5 Å². The van der Waals surface area contributed by atoms with Gasteiger partial charge in [0.1, 0.15) is 0 Å². The molecule has 1 unspecified atom stereocenters. The first kappa shape index (κ1) is 13.1. The molecule has 0 saturated carbocycles. The van der Waals surface area contributed by atoms with E-state index in [1.54, 1.807) is 0 Å². The molecule has 0 bridgehead atoms. The Morgan fingerprint density at radius 3 is 3.06 bits per heavy atom. The van der Waals surface area contributed by atoms with Gasteiger partial charge >= 0.3 is 0 Å². The Hall–Kier alpha value is -0.380. The van der Waals surface area contributed by atoms with E-state index in [9.17, 15) is 5.11 Å². The molecule has 0 radical (unpaired) electrons. The summed E-state index contributed by atoms with van der Waals surface area (Å²) in [5.74, 6) is 1.16. The summed E-state index contributed by atoms with van der Waals surface area (Å²) >= 11 is 8.00. The van der Waals surface area contributed by atoms with Crippen molar-refractivity contribution in [2.45, 2.75) is 25.2 Å². The lowest BCUT2D eigenvalue weighted by Gasteiger charge is -2.34. The first-order valence-electron chi connectivity index (χ1n) is 6.00. The highest BCUT2D eigenvalue weighted by Crippen LogP contribution is 2.29. The molecule has 0 spiro atoms. The second kappa shape index (κ2) is 5.98. The molecular weight excluding hydrogens is 254 g/mol. The number of nitrogens with zero attached hydrogens (tertiary/aromatic N) is 1. The largest absolute Gasteiger partial charge is 0.392 e. The molecule has 1 saturated heterocycles. The Kier molecular flexibility index (Phi) is 4.60. The molecule has 4 heteroatoms. The number of hydrogen-bond acceptors (Lipinski definition) is 3. The van der Waals surface area contributed by atoms with Gasteiger partial charge in [-0.15, -0.1) is 0 Å². The van der Waals surface area contributed by atoms with Crippen LogP contribution in [0.4, 0.5) is 5.69 Å². The second-order valence-corrected chi connectivity index (χ2v) is 6.12. The van der Waals surface area contributed by atoms with E-state index in [2.05, 4.69) is 11.8 Å². The van der Waals surface area contributed by atoms with Crippen LogP contribution in [0.1, 0.15) is 18.9 Å². The molecule has 1 aliphatic heterocycles. The number of anilines is 1. The molecule has 1 N–H and O–H groups in total. The standard InChI is InChI=1S/C13H18ClNOS/c1-2-12-8-15(5-6-17-12)13-4-3-11(14)7-10(13)9-16/h3-4,7,12,16H,2,5-6,8-9H2,1H3. The zero-order valence-corrected chi connectivity index (χ0v) is 11.6. The highest BCUT2D eigenvalue weighted by molar-refractivity contribution is 8.00. The number of rotatable bonds is 3. The minimum Gasteiger partial charge on any atom is -0.392 e. The SMILES string of the molecule is CCC1CN(c2ccc(Cl)cc2CO)CCS1. The predicted molar refractivity (Wildman–Crippen MR) is 76.1 cm³/mol. The molecular formula is C13H18ClNOS. The summed E-state index contributed by atoms with van der Waals surface area (Å²) in [6, 6.07) is 5.79. The Balaban J connectivity index is 2.20. The van der Waals surface area contributed by atoms with E-state index in [1.165, 1.54) is 6.42 Å². The molecule has 0 aromatic heterocycles. The Morgan fingerprint density at radius 1 is 1.53 bits per heavy atom. The fraction of sp³-hybridized carbons (Fsp3) is 0.538. The van der Waals surface area contributed by atoms with Crippen molar-refractivity contribution in [3.8, 4) is 0 Å². The Bertz CT molecular complexity index is 386. The van der Waals surface area contributed by atoms with Gasteiger partial charge in [0, 0.05) is 40.4 Å². The van der Waals surface area contributed by atoms with Gasteiger partial charge in [0.2, 0.25) is 0 Å². The van der Waals surface area contributed by atoms with Crippen molar-refractivity contribution in [2.75, 3.05) is 23.7 Å². The normalized spacial score (nSPS) is 20.6. The van der Waals surface area contributed by atoms with Crippen molar-refractivity contribution in [2.24, 2.45) is 0 Å². The number of benzene rings is 1. The van der Waals surface area contributed by atoms with Crippen LogP contribution in [-0.4, -0.2) is 29.2 Å². The van der Waals surface area contributed by atoms with Gasteiger partial charge in [-0.25, -0.2) is 0 Å². The van der Waals surface area contributed by atoms with Gasteiger partial charge in [-0.1, -0.05) is 18.5 Å². The molecule has 2 nitrogen and oxygen atoms in total. The third-order valence-electron chi connectivity index (χ3n) is 3.15. The first-order valence-corrected chi connectivity index (χ1v) is 7.43. The first-order chi connectivity index (χ1) is 8.24. The van der Waals surface area contributed by atoms with Gasteiger partial charge in [-0.2, -0.15) is 11.8 Å². The molecule has 17 heavy (non-hydrogen) atoms. The summed E-state index contributed by atoms with van der Waals surface area (Å²) in [6.45, 7) is 4.40. The fourth-order valence-electron chi connectivity index (χ4n) is 2.17. The number of aliphatic hydroxyl groups is 1. The quantitative estimate of drug-likeness (QED) is 0.914. The Morgan fingerprint density at radius 2 is 2.35 bits per heavy atom. The maximum Gasteiger partial charge on any atom is 0.0702 e. The van der Waals surface area contributed by atoms with Gasteiger partial charge in [0.15, 0.2) is 0 Å². The Labute approximate surface area is 112 Å². The van der Waals surface area contributed by atoms with Crippen molar-refractivity contribution < 1.29 is 5.11 Å². The molecule has 0 aliphatic carbocycles. The fourth-order valence-corrected chi connectivity index (χ4v) is 3.55. The van der Waals surface area contributed by atoms with Crippen LogP contribution in [0.2, 0.25) is 5.02 Å². The molecule has 1 heterocycles. The molecule has 2 rings (SSSR count). The van der Waals surface area contributed by atoms with Crippen molar-refractivity contribution in [1.29, 1.82) is 0 Å². The lowest BCUT2D eigenvalue weighted by atomic mass is 10.1. The highest BCUT2D eigenvalue weighted by atomic mass is 35.5. The molecule has 1 atom stereocenters. The third-order valence-corrected chi connectivity index (χ3v) is 4.75. The molecule has 1 aromatic rings. The zero-order chi connectivity index (χ0) is 12.3. The monoisotopic (exact) mass is 271 g/mol. The lowest BCUT2D eigenvalue weighted by Crippen LogP contribution is -2.38. The molecule has 1 fully saturated rings. The van der Waals surface area contributed by atoms with Crippen LogP contribution in [-0.2, 0) is 6.61 Å². The maximum absolute atomic E-state index is 9.41. The van der Waals surface area contributed by atoms with E-state index in [-0.39, 0.29) is 6.61 Å². The van der Waals surface area contributed by atoms with Gasteiger partial charge in [0.25, 0.3) is 0 Å².